The van der Waals surface area contributed by atoms with Gasteiger partial charge in [-0.05, 0) is 90.9 Å². The average Bonchev–Trinajstić information content (AvgIpc) is 3.20. The van der Waals surface area contributed by atoms with Crippen LogP contribution in [0.25, 0.3) is 0 Å². The molecule has 3 heterocycles. The van der Waals surface area contributed by atoms with Crippen LogP contribution in [0.15, 0.2) is 48.6 Å². The molecule has 0 aliphatic carbocycles. The van der Waals surface area contributed by atoms with E-state index in [0.29, 0.717) is 77.0 Å². The van der Waals surface area contributed by atoms with E-state index in [1.165, 1.54) is 0 Å². The molecule has 3 rings (SSSR count). The first kappa shape index (κ1) is 51.3. The molecule has 0 amide bonds. The summed E-state index contributed by atoms with van der Waals surface area (Å²) in [4.78, 5) is 52.2. The summed E-state index contributed by atoms with van der Waals surface area (Å²) in [5.41, 5.74) is 0. The van der Waals surface area contributed by atoms with Gasteiger partial charge in [-0.25, -0.2) is 9.59 Å². The van der Waals surface area contributed by atoms with Crippen LogP contribution in [0.3, 0.4) is 0 Å². The number of cyclic esters (lactones) is 2. The molecule has 0 saturated carbocycles. The van der Waals surface area contributed by atoms with Crippen molar-refractivity contribution in [3.63, 3.8) is 0 Å². The number of aliphatic hydroxyl groups is 6. The van der Waals surface area contributed by atoms with Gasteiger partial charge in [-0.15, -0.1) is 0 Å². The molecule has 14 heteroatoms. The molecule has 2 fully saturated rings. The Hall–Kier alpha value is -3.08. The van der Waals surface area contributed by atoms with E-state index >= 15 is 0 Å². The molecule has 14 atom stereocenters. The molecule has 0 radical (unpaired) electrons. The lowest BCUT2D eigenvalue weighted by Crippen LogP contribution is -2.59. The van der Waals surface area contributed by atoms with Crippen molar-refractivity contribution >= 4 is 23.5 Å². The molecule has 14 nitrogen and oxygen atoms in total. The fourth-order valence-corrected chi connectivity index (χ4v) is 7.82. The van der Waals surface area contributed by atoms with Crippen LogP contribution < -0.4 is 0 Å². The summed E-state index contributed by atoms with van der Waals surface area (Å²) < 4.78 is 22.7. The number of ketones is 2. The molecular weight excluding hydrogens is 776 g/mol. The van der Waals surface area contributed by atoms with E-state index in [1.54, 1.807) is 53.7 Å². The summed E-state index contributed by atoms with van der Waals surface area (Å²) in [6, 6.07) is 0. The Balaban J connectivity index is 1.67. The van der Waals surface area contributed by atoms with Gasteiger partial charge in [0.25, 0.3) is 0 Å². The highest BCUT2D eigenvalue weighted by Crippen LogP contribution is 2.39. The van der Waals surface area contributed by atoms with E-state index in [0.717, 1.165) is 0 Å². The van der Waals surface area contributed by atoms with E-state index in [9.17, 15) is 49.8 Å². The monoisotopic (exact) mass is 848 g/mol. The number of aliphatic hydroxyl groups excluding tert-OH is 4. The Morgan fingerprint density at radius 3 is 1.13 bits per heavy atom. The van der Waals surface area contributed by atoms with E-state index < -0.39 is 96.0 Å². The van der Waals surface area contributed by atoms with E-state index in [-0.39, 0.29) is 24.4 Å². The summed E-state index contributed by atoms with van der Waals surface area (Å²) in [7, 11) is 0. The van der Waals surface area contributed by atoms with Crippen LogP contribution in [0, 0.1) is 23.7 Å². The number of allylic oxidation sites excluding steroid dienone is 8. The quantitative estimate of drug-likeness (QED) is 0.179. The molecule has 3 aliphatic heterocycles. The molecule has 4 bridgehead atoms. The highest BCUT2D eigenvalue weighted by molar-refractivity contribution is 5.82. The third kappa shape index (κ3) is 15.1. The highest BCUT2D eigenvalue weighted by atomic mass is 16.7. The Bertz CT molecular complexity index is 1400. The minimum absolute atomic E-state index is 0.124. The molecule has 0 aromatic heterocycles. The molecule has 60 heavy (non-hydrogen) atoms. The second kappa shape index (κ2) is 24.5. The Kier molecular flexibility index (Phi) is 21.0. The van der Waals surface area contributed by atoms with Gasteiger partial charge in [0, 0.05) is 36.5 Å². The highest BCUT2D eigenvalue weighted by Gasteiger charge is 2.53. The largest absolute Gasteiger partial charge is 0.461 e. The maximum Gasteiger partial charge on any atom is 0.340 e. The Morgan fingerprint density at radius 2 is 0.800 bits per heavy atom. The number of fused-ring (bicyclic) bond motifs is 4. The van der Waals surface area contributed by atoms with Crippen LogP contribution in [0.4, 0.5) is 0 Å². The van der Waals surface area contributed by atoms with Gasteiger partial charge in [-0.3, -0.25) is 9.59 Å². The Labute approximate surface area is 355 Å². The van der Waals surface area contributed by atoms with Crippen molar-refractivity contribution in [1.29, 1.82) is 0 Å². The van der Waals surface area contributed by atoms with Gasteiger partial charge in [0.05, 0.1) is 36.6 Å². The fourth-order valence-electron chi connectivity index (χ4n) is 7.82. The number of carbonyl (C=O) groups excluding carboxylic acids is 4. The maximum atomic E-state index is 13.1. The minimum atomic E-state index is -2.26. The third-order valence-electron chi connectivity index (χ3n) is 12.3. The standard InChI is InChI=1S/C46H72O14/c1-29-23-25-39-33(5)37(49)27-35(47)21-17-13-10-8-12-16-20-32(4)58-44(54)42(52)46(56)30(2)24-26-40(60-46)34(6)38(50)28-36(48)22-18-14-9-7-11-15-19-31(3)57-43(53)41(51)45(29,55)59-39/h7-14,29-36,39-42,47-48,51-52,55-56H,15-28H2,1-6H3/t29-,30-,31+,32+,33-,34-,35+,36+,39+,40?,41-,42-,45-,46-/m1/s1. The summed E-state index contributed by atoms with van der Waals surface area (Å²) in [6.07, 6.45) is 11.1. The zero-order chi connectivity index (χ0) is 44.6. The van der Waals surface area contributed by atoms with Gasteiger partial charge in [0.2, 0.25) is 23.8 Å². The number of ether oxygens (including phenoxy) is 4. The van der Waals surface area contributed by atoms with Crippen molar-refractivity contribution in [2.24, 2.45) is 23.7 Å². The van der Waals surface area contributed by atoms with Crippen molar-refractivity contribution in [3.8, 4) is 0 Å². The summed E-state index contributed by atoms with van der Waals surface area (Å²) in [5.74, 6) is -9.77. The van der Waals surface area contributed by atoms with Crippen LogP contribution in [-0.4, -0.2) is 115 Å². The first-order valence-electron chi connectivity index (χ1n) is 21.9. The second-order valence-electron chi connectivity index (χ2n) is 17.3. The maximum absolute atomic E-state index is 13.1. The molecule has 340 valence electrons. The predicted octanol–water partition coefficient (Wildman–Crippen LogP) is 4.85. The van der Waals surface area contributed by atoms with E-state index in [1.807, 2.05) is 36.5 Å². The van der Waals surface area contributed by atoms with Crippen molar-refractivity contribution in [2.45, 2.75) is 192 Å². The predicted molar refractivity (Wildman–Crippen MR) is 223 cm³/mol. The van der Waals surface area contributed by atoms with Gasteiger partial charge in [-0.2, -0.15) is 0 Å². The average molecular weight is 849 g/mol. The Morgan fingerprint density at radius 1 is 0.483 bits per heavy atom. The summed E-state index contributed by atoms with van der Waals surface area (Å²) in [5, 5.41) is 66.0. The smallest absolute Gasteiger partial charge is 0.340 e. The van der Waals surface area contributed by atoms with Gasteiger partial charge in [0.1, 0.15) is 11.6 Å². The minimum Gasteiger partial charge on any atom is -0.461 e. The zero-order valence-corrected chi connectivity index (χ0v) is 36.4. The molecule has 2 saturated heterocycles. The van der Waals surface area contributed by atoms with Gasteiger partial charge < -0.3 is 49.6 Å². The molecule has 0 aromatic carbocycles. The zero-order valence-electron chi connectivity index (χ0n) is 36.4. The van der Waals surface area contributed by atoms with Crippen LogP contribution >= 0.6 is 0 Å². The first-order valence-corrected chi connectivity index (χ1v) is 21.9. The van der Waals surface area contributed by atoms with Crippen LogP contribution in [0.2, 0.25) is 0 Å². The van der Waals surface area contributed by atoms with Gasteiger partial charge >= 0.3 is 11.9 Å². The van der Waals surface area contributed by atoms with Gasteiger partial charge in [0.15, 0.2) is 0 Å². The lowest BCUT2D eigenvalue weighted by atomic mass is 9.82. The molecule has 0 aromatic rings. The molecule has 0 spiro atoms. The topological polar surface area (TPSA) is 227 Å². The second-order valence-corrected chi connectivity index (χ2v) is 17.3. The molecule has 6 N–H and O–H groups in total. The van der Waals surface area contributed by atoms with Crippen molar-refractivity contribution < 1.29 is 68.8 Å². The molecule has 1 unspecified atom stereocenters. The number of esters is 2. The molecular formula is C46H72O14. The lowest BCUT2D eigenvalue weighted by molar-refractivity contribution is -0.322. The SMILES string of the molecule is C[C@@H]1C(=O)C[C@@H](O)CCC=CC=CCC[C@H](C)OC(=O)[C@@H](O)[C@]2(O)O[C@@H](CC[C@H]2C)[C@H](C)C(=O)C[C@@H](O)CCC=CC=CCC[C@H](C)OC(=O)[C@@H](O)[C@]2(O)OC1CC[C@H]2C. The third-order valence-corrected chi connectivity index (χ3v) is 12.3. The van der Waals surface area contributed by atoms with Crippen LogP contribution in [0.5, 0.6) is 0 Å². The number of Topliss-reactive ketones (excluding diaryl/α,β-unsaturated/α-hetero) is 2. The van der Waals surface area contributed by atoms with Crippen LogP contribution in [-0.2, 0) is 38.1 Å². The number of hydrogen-bond donors (Lipinski definition) is 6. The van der Waals surface area contributed by atoms with Gasteiger partial charge in [-0.1, -0.05) is 76.3 Å². The first-order chi connectivity index (χ1) is 28.3. The van der Waals surface area contributed by atoms with Crippen molar-refractivity contribution in [3.05, 3.63) is 48.6 Å². The molecule has 3 aliphatic rings. The number of hydrogen-bond acceptors (Lipinski definition) is 14. The number of carbonyl (C=O) groups is 4. The van der Waals surface area contributed by atoms with Crippen LogP contribution in [0.1, 0.15) is 131 Å². The van der Waals surface area contributed by atoms with E-state index in [2.05, 4.69) is 0 Å². The normalized spacial score (nSPS) is 40.2. The number of rotatable bonds is 0. The summed E-state index contributed by atoms with van der Waals surface area (Å²) in [6.45, 7) is 9.96. The van der Waals surface area contributed by atoms with Crippen molar-refractivity contribution in [2.75, 3.05) is 0 Å². The summed E-state index contributed by atoms with van der Waals surface area (Å²) >= 11 is 0. The van der Waals surface area contributed by atoms with E-state index in [4.69, 9.17) is 18.9 Å². The lowest BCUT2D eigenvalue weighted by Gasteiger charge is -2.45. The fraction of sp³-hybridized carbons (Fsp3) is 0.739. The van der Waals surface area contributed by atoms with Crippen molar-refractivity contribution in [1.82, 2.24) is 0 Å².